The van der Waals surface area contributed by atoms with Crippen LogP contribution in [0.3, 0.4) is 0 Å². The van der Waals surface area contributed by atoms with Crippen LogP contribution in [-0.4, -0.2) is 29.1 Å². The van der Waals surface area contributed by atoms with Crippen LogP contribution < -0.4 is 9.64 Å². The second kappa shape index (κ2) is 7.49. The van der Waals surface area contributed by atoms with Gasteiger partial charge in [-0.1, -0.05) is 22.0 Å². The smallest absolute Gasteiger partial charge is 0.329 e. The second-order valence-electron chi connectivity index (χ2n) is 5.66. The molecule has 1 aromatic carbocycles. The van der Waals surface area contributed by atoms with Crippen LogP contribution in [0.5, 0.6) is 5.75 Å². The number of benzene rings is 1. The van der Waals surface area contributed by atoms with Crippen LogP contribution in [0, 0.1) is 21.4 Å². The maximum atomic E-state index is 11.3. The zero-order chi connectivity index (χ0) is 17.8. The molecule has 0 aliphatic carbocycles. The second-order valence-corrected chi connectivity index (χ2v) is 6.58. The van der Waals surface area contributed by atoms with Crippen molar-refractivity contribution in [1.82, 2.24) is 4.98 Å². The topological polar surface area (TPSA) is 92.3 Å². The standard InChI is InChI=1S/C17H15BrN4O3/c18-13-2-1-3-15(10-13)25-14-5-8-21(9-6-14)17-16(22(23)24)12(11-19)4-7-20-17/h1-4,7,10,14H,5-6,8-9H2. The molecule has 7 nitrogen and oxygen atoms in total. The molecule has 1 aromatic heterocycles. The van der Waals surface area contributed by atoms with Crippen molar-refractivity contribution in [1.29, 1.82) is 5.26 Å². The minimum absolute atomic E-state index is 0.0301. The van der Waals surface area contributed by atoms with Crippen molar-refractivity contribution in [2.24, 2.45) is 0 Å². The fourth-order valence-electron chi connectivity index (χ4n) is 2.86. The maximum Gasteiger partial charge on any atom is 0.329 e. The summed E-state index contributed by atoms with van der Waals surface area (Å²) in [5, 5.41) is 20.4. The molecule has 3 rings (SSSR count). The van der Waals surface area contributed by atoms with Gasteiger partial charge in [-0.15, -0.1) is 0 Å². The first-order valence-electron chi connectivity index (χ1n) is 7.79. The molecule has 0 atom stereocenters. The predicted octanol–water partition coefficient (Wildman–Crippen LogP) is 3.67. The molecular weight excluding hydrogens is 388 g/mol. The molecule has 1 fully saturated rings. The summed E-state index contributed by atoms with van der Waals surface area (Å²) in [5.41, 5.74) is -0.195. The van der Waals surface area contributed by atoms with E-state index in [2.05, 4.69) is 20.9 Å². The van der Waals surface area contributed by atoms with Crippen LogP contribution in [0.25, 0.3) is 0 Å². The van der Waals surface area contributed by atoms with E-state index in [0.717, 1.165) is 23.1 Å². The van der Waals surface area contributed by atoms with Gasteiger partial charge in [-0.05, 0) is 24.3 Å². The SMILES string of the molecule is N#Cc1ccnc(N2CCC(Oc3cccc(Br)c3)CC2)c1[N+](=O)[O-]. The molecule has 0 bridgehead atoms. The van der Waals surface area contributed by atoms with Crippen molar-refractivity contribution in [2.45, 2.75) is 18.9 Å². The van der Waals surface area contributed by atoms with Gasteiger partial charge in [-0.25, -0.2) is 4.98 Å². The summed E-state index contributed by atoms with van der Waals surface area (Å²) in [5.74, 6) is 1.05. The summed E-state index contributed by atoms with van der Waals surface area (Å²) in [6.07, 6.45) is 2.93. The first-order valence-corrected chi connectivity index (χ1v) is 8.58. The lowest BCUT2D eigenvalue weighted by Gasteiger charge is -2.32. The van der Waals surface area contributed by atoms with Crippen LogP contribution in [0.1, 0.15) is 18.4 Å². The normalized spacial score (nSPS) is 14.8. The number of hydrogen-bond acceptors (Lipinski definition) is 6. The van der Waals surface area contributed by atoms with E-state index in [-0.39, 0.29) is 23.2 Å². The lowest BCUT2D eigenvalue weighted by atomic mass is 10.1. The van der Waals surface area contributed by atoms with Crippen LogP contribution in [0.15, 0.2) is 41.0 Å². The van der Waals surface area contributed by atoms with Gasteiger partial charge in [0.25, 0.3) is 0 Å². The molecule has 25 heavy (non-hydrogen) atoms. The molecule has 0 N–H and O–H groups in total. The summed E-state index contributed by atoms with van der Waals surface area (Å²) < 4.78 is 6.93. The number of nitriles is 1. The predicted molar refractivity (Wildman–Crippen MR) is 95.6 cm³/mol. The van der Waals surface area contributed by atoms with Gasteiger partial charge in [0, 0.05) is 36.6 Å². The zero-order valence-corrected chi connectivity index (χ0v) is 14.8. The van der Waals surface area contributed by atoms with E-state index in [0.29, 0.717) is 13.1 Å². The van der Waals surface area contributed by atoms with E-state index in [4.69, 9.17) is 10.00 Å². The van der Waals surface area contributed by atoms with Gasteiger partial charge in [0.2, 0.25) is 5.82 Å². The van der Waals surface area contributed by atoms with Gasteiger partial charge >= 0.3 is 5.69 Å². The lowest BCUT2D eigenvalue weighted by molar-refractivity contribution is -0.384. The monoisotopic (exact) mass is 402 g/mol. The largest absolute Gasteiger partial charge is 0.490 e. The Morgan fingerprint density at radius 1 is 1.36 bits per heavy atom. The first-order chi connectivity index (χ1) is 12.1. The average Bonchev–Trinajstić information content (AvgIpc) is 2.61. The third-order valence-electron chi connectivity index (χ3n) is 4.05. The van der Waals surface area contributed by atoms with E-state index in [9.17, 15) is 10.1 Å². The van der Waals surface area contributed by atoms with Gasteiger partial charge in [-0.3, -0.25) is 10.1 Å². The maximum absolute atomic E-state index is 11.3. The summed E-state index contributed by atoms with van der Waals surface area (Å²) in [4.78, 5) is 16.8. The highest BCUT2D eigenvalue weighted by Gasteiger charge is 2.29. The molecule has 0 amide bonds. The Hall–Kier alpha value is -2.66. The Labute approximate surface area is 153 Å². The molecule has 1 saturated heterocycles. The summed E-state index contributed by atoms with van der Waals surface area (Å²) in [6, 6.07) is 10.9. The summed E-state index contributed by atoms with van der Waals surface area (Å²) in [6.45, 7) is 1.17. The molecule has 128 valence electrons. The van der Waals surface area contributed by atoms with Gasteiger partial charge in [0.15, 0.2) is 0 Å². The van der Waals surface area contributed by atoms with Crippen LogP contribution in [0.4, 0.5) is 11.5 Å². The van der Waals surface area contributed by atoms with Crippen molar-refractivity contribution in [3.63, 3.8) is 0 Å². The molecule has 0 radical (unpaired) electrons. The van der Waals surface area contributed by atoms with E-state index in [1.165, 1.54) is 12.3 Å². The van der Waals surface area contributed by atoms with Crippen molar-refractivity contribution in [3.8, 4) is 11.8 Å². The van der Waals surface area contributed by atoms with Gasteiger partial charge in [0.1, 0.15) is 23.5 Å². The number of halogens is 1. The minimum Gasteiger partial charge on any atom is -0.490 e. The fraction of sp³-hybridized carbons (Fsp3) is 0.294. The number of hydrogen-bond donors (Lipinski definition) is 0. The molecule has 0 spiro atoms. The van der Waals surface area contributed by atoms with Crippen LogP contribution in [-0.2, 0) is 0 Å². The third kappa shape index (κ3) is 3.88. The Morgan fingerprint density at radius 3 is 2.76 bits per heavy atom. The minimum atomic E-state index is -0.537. The summed E-state index contributed by atoms with van der Waals surface area (Å²) >= 11 is 3.42. The van der Waals surface area contributed by atoms with Crippen LogP contribution in [0.2, 0.25) is 0 Å². The Balaban J connectivity index is 1.71. The molecule has 1 aliphatic rings. The molecule has 0 saturated carbocycles. The van der Waals surface area contributed by atoms with Crippen molar-refractivity contribution >= 4 is 27.4 Å². The van der Waals surface area contributed by atoms with Crippen LogP contribution >= 0.6 is 15.9 Å². The molecule has 2 aromatic rings. The van der Waals surface area contributed by atoms with E-state index < -0.39 is 4.92 Å². The van der Waals surface area contributed by atoms with E-state index >= 15 is 0 Å². The Morgan fingerprint density at radius 2 is 2.12 bits per heavy atom. The molecule has 2 heterocycles. The zero-order valence-electron chi connectivity index (χ0n) is 13.3. The lowest BCUT2D eigenvalue weighted by Crippen LogP contribution is -2.39. The first kappa shape index (κ1) is 17.2. The average molecular weight is 403 g/mol. The highest BCUT2D eigenvalue weighted by Crippen LogP contribution is 2.31. The molecule has 8 heteroatoms. The van der Waals surface area contributed by atoms with Crippen molar-refractivity contribution in [2.75, 3.05) is 18.0 Å². The Bertz CT molecular complexity index is 829. The number of aromatic nitrogens is 1. The number of nitro groups is 1. The number of piperidine rings is 1. The third-order valence-corrected chi connectivity index (χ3v) is 4.54. The van der Waals surface area contributed by atoms with E-state index in [1.807, 2.05) is 35.2 Å². The quantitative estimate of drug-likeness (QED) is 0.571. The molecule has 1 aliphatic heterocycles. The highest BCUT2D eigenvalue weighted by atomic mass is 79.9. The van der Waals surface area contributed by atoms with Crippen molar-refractivity contribution in [3.05, 3.63) is 56.7 Å². The van der Waals surface area contributed by atoms with E-state index in [1.54, 1.807) is 0 Å². The number of nitrogens with zero attached hydrogens (tertiary/aromatic N) is 4. The number of anilines is 1. The molecule has 0 unspecified atom stereocenters. The van der Waals surface area contributed by atoms with Gasteiger partial charge < -0.3 is 9.64 Å². The fourth-order valence-corrected chi connectivity index (χ4v) is 3.24. The molecular formula is C17H15BrN4O3. The highest BCUT2D eigenvalue weighted by molar-refractivity contribution is 9.10. The number of ether oxygens (including phenoxy) is 1. The van der Waals surface area contributed by atoms with Gasteiger partial charge in [0.05, 0.1) is 4.92 Å². The number of pyridine rings is 1. The number of rotatable bonds is 4. The summed E-state index contributed by atoms with van der Waals surface area (Å²) in [7, 11) is 0. The van der Waals surface area contributed by atoms with Gasteiger partial charge in [-0.2, -0.15) is 5.26 Å². The Kier molecular flexibility index (Phi) is 5.14. The van der Waals surface area contributed by atoms with Crippen molar-refractivity contribution < 1.29 is 9.66 Å².